The number of rotatable bonds is 6. The van der Waals surface area contributed by atoms with Crippen molar-refractivity contribution in [2.45, 2.75) is 39.3 Å². The Morgan fingerprint density at radius 2 is 2.16 bits per heavy atom. The van der Waals surface area contributed by atoms with Crippen molar-refractivity contribution in [1.82, 2.24) is 10.3 Å². The van der Waals surface area contributed by atoms with Crippen LogP contribution in [-0.4, -0.2) is 30.8 Å². The topological polar surface area (TPSA) is 43.4 Å². The molecular formula is C15H24N2O2. The minimum atomic E-state index is 0.466. The van der Waals surface area contributed by atoms with Crippen LogP contribution in [0.15, 0.2) is 18.2 Å². The third kappa shape index (κ3) is 5.17. The molecule has 0 aromatic carbocycles. The van der Waals surface area contributed by atoms with E-state index in [-0.39, 0.29) is 0 Å². The van der Waals surface area contributed by atoms with Crippen molar-refractivity contribution in [2.75, 3.05) is 19.8 Å². The van der Waals surface area contributed by atoms with Crippen LogP contribution in [0.5, 0.6) is 5.88 Å². The number of nitrogens with zero attached hydrogens (tertiary/aromatic N) is 1. The van der Waals surface area contributed by atoms with Gasteiger partial charge < -0.3 is 14.8 Å². The van der Waals surface area contributed by atoms with Crippen molar-refractivity contribution in [3.05, 3.63) is 23.9 Å². The number of aromatic nitrogens is 1. The van der Waals surface area contributed by atoms with Gasteiger partial charge in [-0.2, -0.15) is 0 Å². The van der Waals surface area contributed by atoms with Crippen molar-refractivity contribution in [3.63, 3.8) is 0 Å². The Labute approximate surface area is 115 Å². The van der Waals surface area contributed by atoms with E-state index in [4.69, 9.17) is 9.47 Å². The summed E-state index contributed by atoms with van der Waals surface area (Å²) < 4.78 is 11.1. The zero-order chi connectivity index (χ0) is 13.5. The first-order valence-electron chi connectivity index (χ1n) is 7.14. The zero-order valence-corrected chi connectivity index (χ0v) is 11.9. The monoisotopic (exact) mass is 264 g/mol. The number of hydrogen-bond donors (Lipinski definition) is 1. The van der Waals surface area contributed by atoms with Gasteiger partial charge in [-0.3, -0.25) is 0 Å². The second-order valence-corrected chi connectivity index (χ2v) is 5.37. The molecule has 0 amide bonds. The van der Waals surface area contributed by atoms with E-state index in [1.54, 1.807) is 0 Å². The summed E-state index contributed by atoms with van der Waals surface area (Å²) in [5.41, 5.74) is 1.03. The molecule has 1 saturated heterocycles. The predicted molar refractivity (Wildman–Crippen MR) is 75.3 cm³/mol. The van der Waals surface area contributed by atoms with Crippen LogP contribution in [0.3, 0.4) is 0 Å². The van der Waals surface area contributed by atoms with Crippen LogP contribution in [0.25, 0.3) is 0 Å². The van der Waals surface area contributed by atoms with Gasteiger partial charge in [-0.05, 0) is 24.8 Å². The number of nitrogens with one attached hydrogen (secondary N) is 1. The Hall–Kier alpha value is -1.13. The van der Waals surface area contributed by atoms with E-state index in [0.29, 0.717) is 12.0 Å². The molecule has 19 heavy (non-hydrogen) atoms. The molecule has 0 spiro atoms. The molecule has 1 aliphatic heterocycles. The molecule has 106 valence electrons. The van der Waals surface area contributed by atoms with Crippen molar-refractivity contribution in [2.24, 2.45) is 5.92 Å². The first-order valence-corrected chi connectivity index (χ1v) is 7.14. The minimum absolute atomic E-state index is 0.466. The summed E-state index contributed by atoms with van der Waals surface area (Å²) >= 11 is 0. The Bertz CT molecular complexity index is 376. The summed E-state index contributed by atoms with van der Waals surface area (Å²) in [6.45, 7) is 7.51. The fraction of sp³-hybridized carbons (Fsp3) is 0.667. The summed E-state index contributed by atoms with van der Waals surface area (Å²) in [6.07, 6.45) is 2.18. The highest BCUT2D eigenvalue weighted by Crippen LogP contribution is 2.16. The van der Waals surface area contributed by atoms with Crippen molar-refractivity contribution >= 4 is 0 Å². The lowest BCUT2D eigenvalue weighted by atomic mass is 10.0. The second kappa shape index (κ2) is 7.46. The van der Waals surface area contributed by atoms with Crippen LogP contribution in [0, 0.1) is 5.92 Å². The lowest BCUT2D eigenvalue weighted by Gasteiger charge is -2.21. The predicted octanol–water partition coefficient (Wildman–Crippen LogP) is 2.39. The number of hydrogen-bond acceptors (Lipinski definition) is 4. The highest BCUT2D eigenvalue weighted by Gasteiger charge is 2.14. The maximum absolute atomic E-state index is 5.80. The second-order valence-electron chi connectivity index (χ2n) is 5.37. The Morgan fingerprint density at radius 1 is 1.37 bits per heavy atom. The first kappa shape index (κ1) is 14.3. The largest absolute Gasteiger partial charge is 0.477 e. The normalized spacial score (nSPS) is 16.8. The van der Waals surface area contributed by atoms with Crippen molar-refractivity contribution in [1.29, 1.82) is 0 Å². The van der Waals surface area contributed by atoms with Gasteiger partial charge in [0.1, 0.15) is 0 Å². The molecule has 1 aromatic heterocycles. The number of ether oxygens (including phenoxy) is 2. The van der Waals surface area contributed by atoms with Gasteiger partial charge in [0.25, 0.3) is 0 Å². The van der Waals surface area contributed by atoms with Gasteiger partial charge in [0.05, 0.1) is 12.3 Å². The van der Waals surface area contributed by atoms with Gasteiger partial charge in [0, 0.05) is 31.9 Å². The lowest BCUT2D eigenvalue weighted by molar-refractivity contribution is 0.0490. The Morgan fingerprint density at radius 3 is 2.89 bits per heavy atom. The molecule has 1 aromatic rings. The first-order chi connectivity index (χ1) is 9.24. The third-order valence-electron chi connectivity index (χ3n) is 3.28. The van der Waals surface area contributed by atoms with Crippen molar-refractivity contribution < 1.29 is 9.47 Å². The summed E-state index contributed by atoms with van der Waals surface area (Å²) in [5.74, 6) is 1.34. The lowest BCUT2D eigenvalue weighted by Crippen LogP contribution is -2.23. The maximum Gasteiger partial charge on any atom is 0.213 e. The van der Waals surface area contributed by atoms with Crippen LogP contribution in [0.4, 0.5) is 0 Å². The van der Waals surface area contributed by atoms with Gasteiger partial charge in [0.2, 0.25) is 5.88 Å². The molecule has 0 bridgehead atoms. The molecule has 2 rings (SSSR count). The average molecular weight is 264 g/mol. The molecule has 1 N–H and O–H groups in total. The maximum atomic E-state index is 5.80. The molecule has 2 heterocycles. The smallest absolute Gasteiger partial charge is 0.213 e. The highest BCUT2D eigenvalue weighted by atomic mass is 16.5. The fourth-order valence-corrected chi connectivity index (χ4v) is 2.06. The molecule has 0 radical (unpaired) electrons. The summed E-state index contributed by atoms with van der Waals surface area (Å²) in [7, 11) is 0. The van der Waals surface area contributed by atoms with E-state index < -0.39 is 0 Å². The summed E-state index contributed by atoms with van der Waals surface area (Å²) in [5, 5.41) is 3.36. The van der Waals surface area contributed by atoms with E-state index >= 15 is 0 Å². The summed E-state index contributed by atoms with van der Waals surface area (Å²) in [6, 6.07) is 6.42. The van der Waals surface area contributed by atoms with E-state index in [2.05, 4.69) is 24.1 Å². The standard InChI is InChI=1S/C15H24N2O2/c1-12(2)16-10-14-4-3-5-15(17-14)19-11-13-6-8-18-9-7-13/h3-5,12-13,16H,6-11H2,1-2H3. The molecular weight excluding hydrogens is 240 g/mol. The van der Waals surface area contributed by atoms with Crippen LogP contribution in [-0.2, 0) is 11.3 Å². The Balaban J connectivity index is 1.80. The molecule has 4 nitrogen and oxygen atoms in total. The minimum Gasteiger partial charge on any atom is -0.477 e. The van der Waals surface area contributed by atoms with E-state index in [1.165, 1.54) is 0 Å². The average Bonchev–Trinajstić information content (AvgIpc) is 2.44. The molecule has 1 aliphatic rings. The molecule has 1 fully saturated rings. The van der Waals surface area contributed by atoms with Gasteiger partial charge >= 0.3 is 0 Å². The third-order valence-corrected chi connectivity index (χ3v) is 3.28. The van der Waals surface area contributed by atoms with Crippen LogP contribution >= 0.6 is 0 Å². The summed E-state index contributed by atoms with van der Waals surface area (Å²) in [4.78, 5) is 4.51. The molecule has 0 aliphatic carbocycles. The van der Waals surface area contributed by atoms with E-state index in [1.807, 2.05) is 18.2 Å². The fourth-order valence-electron chi connectivity index (χ4n) is 2.06. The van der Waals surface area contributed by atoms with Crippen LogP contribution in [0.1, 0.15) is 32.4 Å². The Kier molecular flexibility index (Phi) is 5.61. The molecule has 0 saturated carbocycles. The highest BCUT2D eigenvalue weighted by molar-refractivity contribution is 5.15. The zero-order valence-electron chi connectivity index (χ0n) is 11.9. The molecule has 0 unspecified atom stereocenters. The van der Waals surface area contributed by atoms with E-state index in [9.17, 15) is 0 Å². The quantitative estimate of drug-likeness (QED) is 0.856. The number of pyridine rings is 1. The SMILES string of the molecule is CC(C)NCc1cccc(OCC2CCOCC2)n1. The van der Waals surface area contributed by atoms with Gasteiger partial charge in [0.15, 0.2) is 0 Å². The molecule has 4 heteroatoms. The van der Waals surface area contributed by atoms with Crippen LogP contribution < -0.4 is 10.1 Å². The van der Waals surface area contributed by atoms with E-state index in [0.717, 1.165) is 50.8 Å². The van der Waals surface area contributed by atoms with Crippen LogP contribution in [0.2, 0.25) is 0 Å². The van der Waals surface area contributed by atoms with Gasteiger partial charge in [-0.15, -0.1) is 0 Å². The van der Waals surface area contributed by atoms with Gasteiger partial charge in [-0.1, -0.05) is 19.9 Å². The molecule has 0 atom stereocenters. The van der Waals surface area contributed by atoms with Crippen molar-refractivity contribution in [3.8, 4) is 5.88 Å². The van der Waals surface area contributed by atoms with Gasteiger partial charge in [-0.25, -0.2) is 4.98 Å².